The smallest absolute Gasteiger partial charge is 0.292 e. The molecule has 1 saturated heterocycles. The van der Waals surface area contributed by atoms with E-state index in [4.69, 9.17) is 0 Å². The molecule has 1 aliphatic rings. The predicted molar refractivity (Wildman–Crippen MR) is 75.7 cm³/mol. The van der Waals surface area contributed by atoms with Crippen molar-refractivity contribution in [2.75, 3.05) is 18.1 Å². The van der Waals surface area contributed by atoms with Gasteiger partial charge < -0.3 is 15.1 Å². The molecule has 6 nitrogen and oxygen atoms in total. The number of hydrogen-bond donors (Lipinski definition) is 2. The highest BCUT2D eigenvalue weighted by Gasteiger charge is 2.34. The van der Waals surface area contributed by atoms with Gasteiger partial charge in [-0.2, -0.15) is 0 Å². The quantitative estimate of drug-likeness (QED) is 0.649. The fourth-order valence-corrected chi connectivity index (χ4v) is 2.78. The number of hydrogen-bond acceptors (Lipinski definition) is 5. The van der Waals surface area contributed by atoms with Crippen LogP contribution in [0.3, 0.4) is 0 Å². The lowest BCUT2D eigenvalue weighted by Gasteiger charge is -2.27. The molecule has 2 unspecified atom stereocenters. The SMILES string of the molecule is CC1CCN(c2ccc([C@@H](C)O)cc2[N+](=O)[O-])C1CO. The molecular weight excluding hydrogens is 260 g/mol. The van der Waals surface area contributed by atoms with Crippen molar-refractivity contribution in [3.63, 3.8) is 0 Å². The summed E-state index contributed by atoms with van der Waals surface area (Å²) in [5.74, 6) is 0.302. The van der Waals surface area contributed by atoms with Crippen LogP contribution >= 0.6 is 0 Å². The highest BCUT2D eigenvalue weighted by molar-refractivity contribution is 5.65. The zero-order valence-electron chi connectivity index (χ0n) is 11.7. The zero-order chi connectivity index (χ0) is 14.9. The van der Waals surface area contributed by atoms with Gasteiger partial charge in [0, 0.05) is 12.6 Å². The molecule has 110 valence electrons. The van der Waals surface area contributed by atoms with Gasteiger partial charge in [0.1, 0.15) is 5.69 Å². The van der Waals surface area contributed by atoms with E-state index in [9.17, 15) is 20.3 Å². The summed E-state index contributed by atoms with van der Waals surface area (Å²) in [6.45, 7) is 4.29. The van der Waals surface area contributed by atoms with Crippen molar-refractivity contribution in [1.82, 2.24) is 0 Å². The Labute approximate surface area is 117 Å². The van der Waals surface area contributed by atoms with Crippen LogP contribution in [0.5, 0.6) is 0 Å². The molecule has 1 fully saturated rings. The van der Waals surface area contributed by atoms with Gasteiger partial charge in [0.25, 0.3) is 5.69 Å². The molecule has 2 rings (SSSR count). The van der Waals surface area contributed by atoms with E-state index in [1.807, 2.05) is 11.8 Å². The molecule has 0 amide bonds. The first-order valence-electron chi connectivity index (χ1n) is 6.79. The molecule has 0 saturated carbocycles. The first kappa shape index (κ1) is 14.7. The van der Waals surface area contributed by atoms with Crippen molar-refractivity contribution < 1.29 is 15.1 Å². The summed E-state index contributed by atoms with van der Waals surface area (Å²) < 4.78 is 0. The van der Waals surface area contributed by atoms with Crippen LogP contribution in [0.2, 0.25) is 0 Å². The van der Waals surface area contributed by atoms with Gasteiger partial charge in [-0.1, -0.05) is 13.0 Å². The van der Waals surface area contributed by atoms with Crippen molar-refractivity contribution >= 4 is 11.4 Å². The van der Waals surface area contributed by atoms with E-state index in [1.54, 1.807) is 19.1 Å². The van der Waals surface area contributed by atoms with Crippen molar-refractivity contribution in [3.05, 3.63) is 33.9 Å². The summed E-state index contributed by atoms with van der Waals surface area (Å²) in [6.07, 6.45) is 0.162. The maximum absolute atomic E-state index is 11.3. The highest BCUT2D eigenvalue weighted by Crippen LogP contribution is 2.37. The molecule has 1 aromatic rings. The van der Waals surface area contributed by atoms with Crippen molar-refractivity contribution in [2.24, 2.45) is 5.92 Å². The Morgan fingerprint density at radius 2 is 2.25 bits per heavy atom. The van der Waals surface area contributed by atoms with Crippen LogP contribution in [0.15, 0.2) is 18.2 Å². The Morgan fingerprint density at radius 3 is 2.80 bits per heavy atom. The number of nitro groups is 1. The van der Waals surface area contributed by atoms with Gasteiger partial charge in [-0.25, -0.2) is 0 Å². The normalized spacial score (nSPS) is 23.9. The van der Waals surface area contributed by atoms with Crippen LogP contribution in [-0.2, 0) is 0 Å². The van der Waals surface area contributed by atoms with E-state index in [-0.39, 0.29) is 18.3 Å². The molecule has 0 spiro atoms. The Morgan fingerprint density at radius 1 is 1.55 bits per heavy atom. The van der Waals surface area contributed by atoms with Crippen LogP contribution < -0.4 is 4.90 Å². The maximum Gasteiger partial charge on any atom is 0.292 e. The molecule has 0 aliphatic carbocycles. The second-order valence-electron chi connectivity index (χ2n) is 5.39. The minimum Gasteiger partial charge on any atom is -0.394 e. The van der Waals surface area contributed by atoms with Crippen molar-refractivity contribution in [3.8, 4) is 0 Å². The van der Waals surface area contributed by atoms with Gasteiger partial charge in [0.15, 0.2) is 0 Å². The van der Waals surface area contributed by atoms with Gasteiger partial charge in [-0.3, -0.25) is 10.1 Å². The fourth-order valence-electron chi connectivity index (χ4n) is 2.78. The number of aliphatic hydroxyl groups excluding tert-OH is 2. The average Bonchev–Trinajstić information content (AvgIpc) is 2.78. The molecular formula is C14H20N2O4. The van der Waals surface area contributed by atoms with Crippen LogP contribution in [0.1, 0.15) is 31.9 Å². The minimum atomic E-state index is -0.742. The van der Waals surface area contributed by atoms with E-state index in [0.29, 0.717) is 23.7 Å². The monoisotopic (exact) mass is 280 g/mol. The van der Waals surface area contributed by atoms with Gasteiger partial charge in [-0.05, 0) is 30.9 Å². The largest absolute Gasteiger partial charge is 0.394 e. The number of rotatable bonds is 4. The number of benzene rings is 1. The Kier molecular flexibility index (Phi) is 4.25. The van der Waals surface area contributed by atoms with E-state index in [1.165, 1.54) is 6.07 Å². The average molecular weight is 280 g/mol. The van der Waals surface area contributed by atoms with Crippen LogP contribution in [-0.4, -0.2) is 34.3 Å². The van der Waals surface area contributed by atoms with E-state index in [2.05, 4.69) is 0 Å². The molecule has 0 aromatic heterocycles. The number of anilines is 1. The van der Waals surface area contributed by atoms with E-state index in [0.717, 1.165) is 6.42 Å². The third kappa shape index (κ3) is 2.62. The van der Waals surface area contributed by atoms with Gasteiger partial charge in [0.2, 0.25) is 0 Å². The van der Waals surface area contributed by atoms with Crippen LogP contribution in [0.25, 0.3) is 0 Å². The van der Waals surface area contributed by atoms with Gasteiger partial charge in [0.05, 0.1) is 23.7 Å². The third-order valence-corrected chi connectivity index (χ3v) is 4.06. The molecule has 0 radical (unpaired) electrons. The lowest BCUT2D eigenvalue weighted by atomic mass is 10.0. The van der Waals surface area contributed by atoms with Gasteiger partial charge in [-0.15, -0.1) is 0 Å². The first-order valence-corrected chi connectivity index (χ1v) is 6.79. The maximum atomic E-state index is 11.3. The minimum absolute atomic E-state index is 0.0174. The molecule has 6 heteroatoms. The summed E-state index contributed by atoms with van der Waals surface area (Å²) in [5, 5.41) is 30.3. The fraction of sp³-hybridized carbons (Fsp3) is 0.571. The van der Waals surface area contributed by atoms with Crippen LogP contribution in [0.4, 0.5) is 11.4 Å². The topological polar surface area (TPSA) is 86.8 Å². The molecule has 1 heterocycles. The number of nitrogens with zero attached hydrogens (tertiary/aromatic N) is 2. The second kappa shape index (κ2) is 5.76. The lowest BCUT2D eigenvalue weighted by molar-refractivity contribution is -0.384. The Balaban J connectivity index is 2.43. The number of aliphatic hydroxyl groups is 2. The summed E-state index contributed by atoms with van der Waals surface area (Å²) in [6, 6.07) is 4.69. The standard InChI is InChI=1S/C14H20N2O4/c1-9-5-6-15(14(9)8-17)12-4-3-11(10(2)18)7-13(12)16(19)20/h3-4,7,9-10,14,17-18H,5-6,8H2,1-2H3/t9?,10-,14?/m1/s1. The predicted octanol–water partition coefficient (Wildman–Crippen LogP) is 1.86. The molecule has 20 heavy (non-hydrogen) atoms. The molecule has 1 aromatic carbocycles. The van der Waals surface area contributed by atoms with E-state index >= 15 is 0 Å². The summed E-state index contributed by atoms with van der Waals surface area (Å²) in [5.41, 5.74) is 1.02. The van der Waals surface area contributed by atoms with Crippen LogP contribution in [0, 0.1) is 16.0 Å². The Hall–Kier alpha value is -1.66. The number of nitro benzene ring substituents is 1. The lowest BCUT2D eigenvalue weighted by Crippen LogP contribution is -2.35. The summed E-state index contributed by atoms with van der Waals surface area (Å²) >= 11 is 0. The summed E-state index contributed by atoms with van der Waals surface area (Å²) in [7, 11) is 0. The molecule has 3 atom stereocenters. The summed E-state index contributed by atoms with van der Waals surface area (Å²) in [4.78, 5) is 12.7. The molecule has 0 bridgehead atoms. The highest BCUT2D eigenvalue weighted by atomic mass is 16.6. The third-order valence-electron chi connectivity index (χ3n) is 4.06. The van der Waals surface area contributed by atoms with Crippen molar-refractivity contribution in [2.45, 2.75) is 32.4 Å². The Bertz CT molecular complexity index is 504. The molecule has 1 aliphatic heterocycles. The second-order valence-corrected chi connectivity index (χ2v) is 5.39. The van der Waals surface area contributed by atoms with Crippen molar-refractivity contribution in [1.29, 1.82) is 0 Å². The van der Waals surface area contributed by atoms with E-state index < -0.39 is 11.0 Å². The molecule has 2 N–H and O–H groups in total. The van der Waals surface area contributed by atoms with Gasteiger partial charge >= 0.3 is 0 Å². The first-order chi connectivity index (χ1) is 9.45. The zero-order valence-corrected chi connectivity index (χ0v) is 11.7.